The molecule has 2 rings (SSSR count). The lowest BCUT2D eigenvalue weighted by Crippen LogP contribution is -1.97. The van der Waals surface area contributed by atoms with E-state index in [1.807, 2.05) is 13.8 Å². The largest absolute Gasteiger partial charge is 0.477 e. The minimum atomic E-state index is -0.915. The van der Waals surface area contributed by atoms with Gasteiger partial charge in [-0.15, -0.1) is 11.3 Å². The van der Waals surface area contributed by atoms with Crippen LogP contribution in [-0.2, 0) is 6.42 Å². The molecule has 0 saturated carbocycles. The molecule has 0 atom stereocenters. The zero-order valence-electron chi connectivity index (χ0n) is 8.98. The van der Waals surface area contributed by atoms with Crippen LogP contribution in [0.15, 0.2) is 16.7 Å². The number of thiazole rings is 1. The van der Waals surface area contributed by atoms with E-state index in [0.717, 1.165) is 11.3 Å². The van der Waals surface area contributed by atoms with Crippen molar-refractivity contribution >= 4 is 17.3 Å². The monoisotopic (exact) mass is 237 g/mol. The van der Waals surface area contributed by atoms with Gasteiger partial charge >= 0.3 is 5.97 Å². The first-order valence-corrected chi connectivity index (χ1v) is 5.72. The molecule has 4 nitrogen and oxygen atoms in total. The molecule has 0 aromatic carbocycles. The third-order valence-corrected chi connectivity index (χ3v) is 3.43. The first-order valence-electron chi connectivity index (χ1n) is 4.91. The summed E-state index contributed by atoms with van der Waals surface area (Å²) in [7, 11) is 0. The molecule has 0 bridgehead atoms. The molecule has 2 aromatic heterocycles. The number of aromatic nitrogens is 1. The van der Waals surface area contributed by atoms with Crippen LogP contribution >= 0.6 is 11.3 Å². The van der Waals surface area contributed by atoms with E-state index >= 15 is 0 Å². The Morgan fingerprint density at radius 3 is 2.81 bits per heavy atom. The third kappa shape index (κ3) is 1.74. The SMILES string of the molecule is CCc1nc(-c2ccoc2C)sc1C(=O)O. The molecular formula is C11H11NO3S. The van der Waals surface area contributed by atoms with Crippen LogP contribution in [0.4, 0.5) is 0 Å². The van der Waals surface area contributed by atoms with Crippen molar-refractivity contribution in [2.45, 2.75) is 20.3 Å². The van der Waals surface area contributed by atoms with E-state index in [4.69, 9.17) is 9.52 Å². The highest BCUT2D eigenvalue weighted by atomic mass is 32.1. The van der Waals surface area contributed by atoms with Gasteiger partial charge in [0, 0.05) is 0 Å². The number of hydrogen-bond acceptors (Lipinski definition) is 4. The molecule has 1 N–H and O–H groups in total. The number of furan rings is 1. The van der Waals surface area contributed by atoms with E-state index in [2.05, 4.69) is 4.98 Å². The Kier molecular flexibility index (Phi) is 2.78. The van der Waals surface area contributed by atoms with Crippen molar-refractivity contribution in [2.24, 2.45) is 0 Å². The molecule has 0 radical (unpaired) electrons. The summed E-state index contributed by atoms with van der Waals surface area (Å²) in [6, 6.07) is 1.80. The Morgan fingerprint density at radius 1 is 1.62 bits per heavy atom. The Morgan fingerprint density at radius 2 is 2.38 bits per heavy atom. The normalized spacial score (nSPS) is 10.6. The second-order valence-corrected chi connectivity index (χ2v) is 4.34. The number of hydrogen-bond donors (Lipinski definition) is 1. The summed E-state index contributed by atoms with van der Waals surface area (Å²) in [4.78, 5) is 15.6. The van der Waals surface area contributed by atoms with Crippen LogP contribution in [0.1, 0.15) is 28.0 Å². The summed E-state index contributed by atoms with van der Waals surface area (Å²) in [5, 5.41) is 9.73. The molecule has 0 fully saturated rings. The number of carbonyl (C=O) groups is 1. The van der Waals surface area contributed by atoms with E-state index in [0.29, 0.717) is 22.0 Å². The van der Waals surface area contributed by atoms with Gasteiger partial charge < -0.3 is 9.52 Å². The molecule has 0 amide bonds. The summed E-state index contributed by atoms with van der Waals surface area (Å²) in [5.74, 6) is -0.157. The van der Waals surface area contributed by atoms with Gasteiger partial charge in [0.15, 0.2) is 0 Å². The maximum Gasteiger partial charge on any atom is 0.347 e. The van der Waals surface area contributed by atoms with Crippen LogP contribution < -0.4 is 0 Å². The van der Waals surface area contributed by atoms with Gasteiger partial charge in [-0.25, -0.2) is 9.78 Å². The first kappa shape index (κ1) is 10.9. The molecule has 0 saturated heterocycles. The summed E-state index contributed by atoms with van der Waals surface area (Å²) in [6.07, 6.45) is 2.20. The highest BCUT2D eigenvalue weighted by Gasteiger charge is 2.18. The zero-order chi connectivity index (χ0) is 11.7. The van der Waals surface area contributed by atoms with E-state index in [-0.39, 0.29) is 0 Å². The Bertz CT molecular complexity index is 527. The van der Waals surface area contributed by atoms with Crippen molar-refractivity contribution in [2.75, 3.05) is 0 Å². The number of nitrogens with zero attached hydrogens (tertiary/aromatic N) is 1. The number of carboxylic acids is 1. The summed E-state index contributed by atoms with van der Waals surface area (Å²) < 4.78 is 5.18. The minimum Gasteiger partial charge on any atom is -0.477 e. The van der Waals surface area contributed by atoms with Crippen LogP contribution in [-0.4, -0.2) is 16.1 Å². The van der Waals surface area contributed by atoms with Crippen molar-refractivity contribution in [3.8, 4) is 10.6 Å². The Balaban J connectivity index is 2.52. The van der Waals surface area contributed by atoms with Gasteiger partial charge in [-0.1, -0.05) is 6.92 Å². The quantitative estimate of drug-likeness (QED) is 0.891. The number of aromatic carboxylic acids is 1. The first-order chi connectivity index (χ1) is 7.63. The van der Waals surface area contributed by atoms with Gasteiger partial charge in [0.05, 0.1) is 17.5 Å². The molecule has 2 heterocycles. The van der Waals surface area contributed by atoms with Gasteiger partial charge in [0.25, 0.3) is 0 Å². The lowest BCUT2D eigenvalue weighted by molar-refractivity contribution is 0.0701. The maximum absolute atomic E-state index is 11.0. The van der Waals surface area contributed by atoms with E-state index in [1.165, 1.54) is 11.3 Å². The van der Waals surface area contributed by atoms with Crippen LogP contribution in [0.5, 0.6) is 0 Å². The molecular weight excluding hydrogens is 226 g/mol. The predicted octanol–water partition coefficient (Wildman–Crippen LogP) is 2.97. The van der Waals surface area contributed by atoms with Crippen LogP contribution in [0.2, 0.25) is 0 Å². The van der Waals surface area contributed by atoms with E-state index < -0.39 is 5.97 Å². The minimum absolute atomic E-state index is 0.318. The smallest absolute Gasteiger partial charge is 0.347 e. The van der Waals surface area contributed by atoms with Crippen molar-refractivity contribution in [3.63, 3.8) is 0 Å². The Labute approximate surface area is 96.6 Å². The van der Waals surface area contributed by atoms with Crippen molar-refractivity contribution < 1.29 is 14.3 Å². The highest BCUT2D eigenvalue weighted by molar-refractivity contribution is 7.17. The lowest BCUT2D eigenvalue weighted by atomic mass is 10.2. The topological polar surface area (TPSA) is 63.3 Å². The van der Waals surface area contributed by atoms with Crippen molar-refractivity contribution in [3.05, 3.63) is 28.7 Å². The van der Waals surface area contributed by atoms with Crippen LogP contribution in [0, 0.1) is 6.92 Å². The molecule has 0 unspecified atom stereocenters. The fraction of sp³-hybridized carbons (Fsp3) is 0.273. The molecule has 16 heavy (non-hydrogen) atoms. The molecule has 0 aliphatic rings. The summed E-state index contributed by atoms with van der Waals surface area (Å²) in [5.41, 5.74) is 1.50. The maximum atomic E-state index is 11.0. The molecule has 84 valence electrons. The number of rotatable bonds is 3. The van der Waals surface area contributed by atoms with Gasteiger partial charge in [-0.3, -0.25) is 0 Å². The van der Waals surface area contributed by atoms with Crippen molar-refractivity contribution in [1.29, 1.82) is 0 Å². The molecule has 0 aliphatic carbocycles. The average Bonchev–Trinajstić information content (AvgIpc) is 2.82. The Hall–Kier alpha value is -1.62. The van der Waals surface area contributed by atoms with Gasteiger partial charge in [0.2, 0.25) is 0 Å². The van der Waals surface area contributed by atoms with Gasteiger partial charge in [-0.2, -0.15) is 0 Å². The second kappa shape index (κ2) is 4.09. The summed E-state index contributed by atoms with van der Waals surface area (Å²) >= 11 is 1.19. The molecule has 0 spiro atoms. The van der Waals surface area contributed by atoms with Gasteiger partial charge in [-0.05, 0) is 19.4 Å². The average molecular weight is 237 g/mol. The number of aryl methyl sites for hydroxylation is 2. The van der Waals surface area contributed by atoms with Crippen LogP contribution in [0.25, 0.3) is 10.6 Å². The second-order valence-electron chi connectivity index (χ2n) is 3.34. The zero-order valence-corrected chi connectivity index (χ0v) is 9.80. The predicted molar refractivity (Wildman–Crippen MR) is 60.9 cm³/mol. The third-order valence-electron chi connectivity index (χ3n) is 2.32. The van der Waals surface area contributed by atoms with Crippen molar-refractivity contribution in [1.82, 2.24) is 4.98 Å². The highest BCUT2D eigenvalue weighted by Crippen LogP contribution is 2.31. The standard InChI is InChI=1S/C11H11NO3S/c1-3-8-9(11(13)14)16-10(12-8)7-4-5-15-6(7)2/h4-5H,3H2,1-2H3,(H,13,14). The lowest BCUT2D eigenvalue weighted by Gasteiger charge is -1.90. The molecule has 2 aromatic rings. The summed E-state index contributed by atoms with van der Waals surface area (Å²) in [6.45, 7) is 3.73. The van der Waals surface area contributed by atoms with E-state index in [9.17, 15) is 4.79 Å². The van der Waals surface area contributed by atoms with Crippen LogP contribution in [0.3, 0.4) is 0 Å². The fourth-order valence-electron chi connectivity index (χ4n) is 1.48. The molecule has 5 heteroatoms. The van der Waals surface area contributed by atoms with E-state index in [1.54, 1.807) is 12.3 Å². The number of carboxylic acid groups (broad SMARTS) is 1. The van der Waals surface area contributed by atoms with Gasteiger partial charge in [0.1, 0.15) is 15.6 Å². The fourth-order valence-corrected chi connectivity index (χ4v) is 2.55. The molecule has 0 aliphatic heterocycles.